The quantitative estimate of drug-likeness (QED) is 0.557. The van der Waals surface area contributed by atoms with Gasteiger partial charge >= 0.3 is 0 Å². The van der Waals surface area contributed by atoms with E-state index in [0.717, 1.165) is 12.3 Å². The smallest absolute Gasteiger partial charge is 0.0433 e. The van der Waals surface area contributed by atoms with Crippen molar-refractivity contribution in [2.24, 2.45) is 5.92 Å². The first-order valence-electron chi connectivity index (χ1n) is 5.46. The molecule has 0 aliphatic carbocycles. The molecule has 1 unspecified atom stereocenters. The number of aliphatic hydroxyl groups excluding tert-OH is 1. The van der Waals surface area contributed by atoms with Crippen LogP contribution in [-0.2, 0) is 0 Å². The number of hydrogen-bond acceptors (Lipinski definition) is 1. The summed E-state index contributed by atoms with van der Waals surface area (Å²) in [5, 5.41) is 8.82. The third-order valence-electron chi connectivity index (χ3n) is 2.45. The molecule has 12 heavy (non-hydrogen) atoms. The van der Waals surface area contributed by atoms with Gasteiger partial charge in [0.1, 0.15) is 0 Å². The highest BCUT2D eigenvalue weighted by Gasteiger charge is 2.05. The van der Waals surface area contributed by atoms with Gasteiger partial charge in [0.05, 0.1) is 0 Å². The van der Waals surface area contributed by atoms with Crippen LogP contribution >= 0.6 is 0 Å². The van der Waals surface area contributed by atoms with Crippen molar-refractivity contribution in [3.63, 3.8) is 0 Å². The normalized spacial score (nSPS) is 13.2. The minimum atomic E-state index is 0.372. The Morgan fingerprint density at radius 1 is 0.917 bits per heavy atom. The molecule has 1 N–H and O–H groups in total. The van der Waals surface area contributed by atoms with E-state index in [4.69, 9.17) is 5.11 Å². The first kappa shape index (κ1) is 12.0. The molecular weight excluding hydrogens is 148 g/mol. The summed E-state index contributed by atoms with van der Waals surface area (Å²) in [4.78, 5) is 0. The lowest BCUT2D eigenvalue weighted by Crippen LogP contribution is -2.02. The van der Waals surface area contributed by atoms with Gasteiger partial charge in [-0.2, -0.15) is 0 Å². The van der Waals surface area contributed by atoms with Gasteiger partial charge in [-0.25, -0.2) is 0 Å². The van der Waals surface area contributed by atoms with E-state index >= 15 is 0 Å². The van der Waals surface area contributed by atoms with E-state index in [2.05, 4.69) is 13.8 Å². The lowest BCUT2D eigenvalue weighted by molar-refractivity contribution is 0.243. The van der Waals surface area contributed by atoms with Crippen LogP contribution < -0.4 is 0 Å². The molecule has 0 heterocycles. The summed E-state index contributed by atoms with van der Waals surface area (Å²) in [7, 11) is 0. The molecule has 0 bridgehead atoms. The van der Waals surface area contributed by atoms with Crippen molar-refractivity contribution in [2.45, 2.75) is 58.8 Å². The molecule has 0 rings (SSSR count). The fourth-order valence-corrected chi connectivity index (χ4v) is 1.71. The molecule has 0 aromatic heterocycles. The van der Waals surface area contributed by atoms with E-state index in [1.807, 2.05) is 0 Å². The van der Waals surface area contributed by atoms with Crippen molar-refractivity contribution in [1.82, 2.24) is 0 Å². The molecule has 1 heteroatoms. The first-order valence-corrected chi connectivity index (χ1v) is 5.46. The van der Waals surface area contributed by atoms with Crippen LogP contribution in [0, 0.1) is 5.92 Å². The molecule has 0 amide bonds. The van der Waals surface area contributed by atoms with Crippen LogP contribution in [0.1, 0.15) is 58.8 Å². The number of aliphatic hydroxyl groups is 1. The van der Waals surface area contributed by atoms with Crippen LogP contribution in [0.2, 0.25) is 0 Å². The largest absolute Gasteiger partial charge is 0.396 e. The molecule has 0 saturated carbocycles. The van der Waals surface area contributed by atoms with Crippen LogP contribution in [0.4, 0.5) is 0 Å². The highest BCUT2D eigenvalue weighted by atomic mass is 16.3. The highest BCUT2D eigenvalue weighted by molar-refractivity contribution is 4.58. The topological polar surface area (TPSA) is 20.2 Å². The van der Waals surface area contributed by atoms with Crippen LogP contribution in [-0.4, -0.2) is 11.7 Å². The minimum absolute atomic E-state index is 0.372. The monoisotopic (exact) mass is 172 g/mol. The van der Waals surface area contributed by atoms with Gasteiger partial charge in [-0.1, -0.05) is 52.4 Å². The minimum Gasteiger partial charge on any atom is -0.396 e. The predicted molar refractivity (Wildman–Crippen MR) is 54.2 cm³/mol. The zero-order valence-corrected chi connectivity index (χ0v) is 8.68. The van der Waals surface area contributed by atoms with Crippen LogP contribution in [0.5, 0.6) is 0 Å². The Morgan fingerprint density at radius 3 is 2.17 bits per heavy atom. The summed E-state index contributed by atoms with van der Waals surface area (Å²) in [6, 6.07) is 0. The zero-order valence-electron chi connectivity index (χ0n) is 8.68. The number of hydrogen-bond donors (Lipinski definition) is 1. The van der Waals surface area contributed by atoms with E-state index in [1.54, 1.807) is 0 Å². The van der Waals surface area contributed by atoms with Gasteiger partial charge in [-0.3, -0.25) is 0 Å². The summed E-state index contributed by atoms with van der Waals surface area (Å²) in [5.74, 6) is 0.784. The summed E-state index contributed by atoms with van der Waals surface area (Å²) >= 11 is 0. The average molecular weight is 172 g/mol. The Morgan fingerprint density at radius 2 is 1.67 bits per heavy atom. The Labute approximate surface area is 77.2 Å². The maximum absolute atomic E-state index is 8.82. The molecule has 0 fully saturated rings. The zero-order chi connectivity index (χ0) is 9.23. The molecular formula is C11H24O. The fourth-order valence-electron chi connectivity index (χ4n) is 1.71. The molecule has 0 aromatic rings. The summed E-state index contributed by atoms with van der Waals surface area (Å²) in [6.45, 7) is 4.84. The lowest BCUT2D eigenvalue weighted by Gasteiger charge is -2.13. The second-order valence-electron chi connectivity index (χ2n) is 3.66. The van der Waals surface area contributed by atoms with Crippen molar-refractivity contribution in [2.75, 3.05) is 6.61 Å². The van der Waals surface area contributed by atoms with E-state index in [9.17, 15) is 0 Å². The molecule has 0 aliphatic heterocycles. The van der Waals surface area contributed by atoms with Gasteiger partial charge in [0, 0.05) is 6.61 Å². The van der Waals surface area contributed by atoms with Crippen LogP contribution in [0.25, 0.3) is 0 Å². The summed E-state index contributed by atoms with van der Waals surface area (Å²) < 4.78 is 0. The third kappa shape index (κ3) is 6.66. The van der Waals surface area contributed by atoms with Gasteiger partial charge in [0.25, 0.3) is 0 Å². The van der Waals surface area contributed by atoms with Crippen molar-refractivity contribution >= 4 is 0 Å². The second-order valence-corrected chi connectivity index (χ2v) is 3.66. The van der Waals surface area contributed by atoms with Gasteiger partial charge in [0.15, 0.2) is 0 Å². The van der Waals surface area contributed by atoms with E-state index < -0.39 is 0 Å². The van der Waals surface area contributed by atoms with Gasteiger partial charge < -0.3 is 5.11 Å². The Hall–Kier alpha value is -0.0400. The van der Waals surface area contributed by atoms with E-state index in [0.29, 0.717) is 6.61 Å². The first-order chi connectivity index (χ1) is 5.85. The maximum Gasteiger partial charge on any atom is 0.0433 e. The second kappa shape index (κ2) is 9.05. The molecule has 0 radical (unpaired) electrons. The summed E-state index contributed by atoms with van der Waals surface area (Å²) in [6.07, 6.45) is 8.89. The molecule has 0 spiro atoms. The highest BCUT2D eigenvalue weighted by Crippen LogP contribution is 2.18. The Bertz CT molecular complexity index is 75.1. The maximum atomic E-state index is 8.82. The molecule has 0 saturated heterocycles. The van der Waals surface area contributed by atoms with Gasteiger partial charge in [-0.15, -0.1) is 0 Å². The molecule has 0 aliphatic rings. The van der Waals surface area contributed by atoms with Gasteiger partial charge in [0.2, 0.25) is 0 Å². The van der Waals surface area contributed by atoms with E-state index in [-0.39, 0.29) is 0 Å². The molecule has 1 nitrogen and oxygen atoms in total. The van der Waals surface area contributed by atoms with Crippen molar-refractivity contribution in [1.29, 1.82) is 0 Å². The molecule has 0 aromatic carbocycles. The molecule has 1 atom stereocenters. The SMILES string of the molecule is CCCCCC(CCC)CCO. The molecule has 74 valence electrons. The van der Waals surface area contributed by atoms with Crippen LogP contribution in [0.15, 0.2) is 0 Å². The van der Waals surface area contributed by atoms with Crippen molar-refractivity contribution < 1.29 is 5.11 Å². The Balaban J connectivity index is 3.34. The predicted octanol–water partition coefficient (Wildman–Crippen LogP) is 3.37. The fraction of sp³-hybridized carbons (Fsp3) is 1.00. The number of unbranched alkanes of at least 4 members (excludes halogenated alkanes) is 2. The average Bonchev–Trinajstić information content (AvgIpc) is 2.06. The van der Waals surface area contributed by atoms with Crippen molar-refractivity contribution in [3.8, 4) is 0 Å². The van der Waals surface area contributed by atoms with Crippen LogP contribution in [0.3, 0.4) is 0 Å². The lowest BCUT2D eigenvalue weighted by atomic mass is 9.94. The number of rotatable bonds is 8. The summed E-state index contributed by atoms with van der Waals surface area (Å²) in [5.41, 5.74) is 0. The third-order valence-corrected chi connectivity index (χ3v) is 2.45. The Kier molecular flexibility index (Phi) is 9.02. The van der Waals surface area contributed by atoms with E-state index in [1.165, 1.54) is 38.5 Å². The standard InChI is InChI=1S/C11H24O/c1-3-5-6-8-11(7-4-2)9-10-12/h11-12H,3-10H2,1-2H3. The van der Waals surface area contributed by atoms with Gasteiger partial charge in [-0.05, 0) is 12.3 Å². The van der Waals surface area contributed by atoms with Crippen molar-refractivity contribution in [3.05, 3.63) is 0 Å².